The Balaban J connectivity index is 1.60. The van der Waals surface area contributed by atoms with E-state index < -0.39 is 0 Å². The van der Waals surface area contributed by atoms with Crippen LogP contribution in [0.25, 0.3) is 6.08 Å². The zero-order chi connectivity index (χ0) is 20.1. The highest BCUT2D eigenvalue weighted by Gasteiger charge is 2.31. The normalized spacial score (nSPS) is 16.5. The van der Waals surface area contributed by atoms with Crippen molar-refractivity contribution >= 4 is 23.6 Å². The van der Waals surface area contributed by atoms with Crippen molar-refractivity contribution < 1.29 is 19.1 Å². The van der Waals surface area contributed by atoms with Gasteiger partial charge in [0.25, 0.3) is 0 Å². The van der Waals surface area contributed by atoms with Crippen molar-refractivity contribution in [3.05, 3.63) is 59.7 Å². The van der Waals surface area contributed by atoms with Gasteiger partial charge in [0.15, 0.2) is 11.5 Å². The van der Waals surface area contributed by atoms with Crippen molar-refractivity contribution in [1.29, 1.82) is 0 Å². The summed E-state index contributed by atoms with van der Waals surface area (Å²) in [5.74, 6) is 1.00. The fourth-order valence-electron chi connectivity index (χ4n) is 3.16. The van der Waals surface area contributed by atoms with Gasteiger partial charge >= 0.3 is 0 Å². The number of nitrogens with one attached hydrogen (secondary N) is 1. The summed E-state index contributed by atoms with van der Waals surface area (Å²) in [5, 5.41) is 2.90. The molecule has 1 N–H and O–H groups in total. The molecule has 0 spiro atoms. The Morgan fingerprint density at radius 2 is 1.82 bits per heavy atom. The minimum absolute atomic E-state index is 0.0121. The van der Waals surface area contributed by atoms with Gasteiger partial charge in [0, 0.05) is 24.7 Å². The van der Waals surface area contributed by atoms with Gasteiger partial charge in [-0.15, -0.1) is 0 Å². The molecular weight excluding hydrogens is 356 g/mol. The second-order valence-electron chi connectivity index (χ2n) is 6.70. The van der Waals surface area contributed by atoms with E-state index in [1.54, 1.807) is 37.3 Å². The molecule has 6 nitrogen and oxygen atoms in total. The van der Waals surface area contributed by atoms with Crippen LogP contribution in [0, 0.1) is 6.92 Å². The molecule has 1 aliphatic heterocycles. The molecule has 1 aliphatic rings. The van der Waals surface area contributed by atoms with Gasteiger partial charge in [-0.1, -0.05) is 23.8 Å². The number of methoxy groups -OCH3 is 2. The first-order valence-electron chi connectivity index (χ1n) is 9.08. The van der Waals surface area contributed by atoms with E-state index in [4.69, 9.17) is 9.47 Å². The minimum Gasteiger partial charge on any atom is -0.493 e. The van der Waals surface area contributed by atoms with Gasteiger partial charge in [0.1, 0.15) is 0 Å². The van der Waals surface area contributed by atoms with E-state index in [1.807, 2.05) is 37.3 Å². The van der Waals surface area contributed by atoms with Crippen LogP contribution in [0.5, 0.6) is 11.5 Å². The zero-order valence-corrected chi connectivity index (χ0v) is 16.3. The molecule has 2 aromatic rings. The number of hydrogen-bond donors (Lipinski definition) is 1. The predicted octanol–water partition coefficient (Wildman–Crippen LogP) is 2.95. The number of hydrogen-bond acceptors (Lipinski definition) is 4. The summed E-state index contributed by atoms with van der Waals surface area (Å²) in [6.07, 6.45) is 3.45. The molecule has 3 rings (SSSR count). The lowest BCUT2D eigenvalue weighted by atomic mass is 10.2. The Kier molecular flexibility index (Phi) is 5.99. The van der Waals surface area contributed by atoms with Crippen LogP contribution in [0.1, 0.15) is 17.5 Å². The Labute approximate surface area is 164 Å². The first-order chi connectivity index (χ1) is 13.5. The number of amides is 2. The third-order valence-corrected chi connectivity index (χ3v) is 4.65. The summed E-state index contributed by atoms with van der Waals surface area (Å²) in [6, 6.07) is 13.0. The molecule has 0 aliphatic carbocycles. The average molecular weight is 380 g/mol. The lowest BCUT2D eigenvalue weighted by molar-refractivity contribution is -0.117. The second-order valence-corrected chi connectivity index (χ2v) is 6.70. The molecule has 2 amide bonds. The van der Waals surface area contributed by atoms with Crippen LogP contribution in [-0.4, -0.2) is 38.6 Å². The van der Waals surface area contributed by atoms with Crippen LogP contribution >= 0.6 is 0 Å². The fraction of sp³-hybridized carbons (Fsp3) is 0.273. The van der Waals surface area contributed by atoms with Gasteiger partial charge in [0.2, 0.25) is 11.8 Å². The van der Waals surface area contributed by atoms with Crippen molar-refractivity contribution in [2.24, 2.45) is 0 Å². The summed E-state index contributed by atoms with van der Waals surface area (Å²) in [4.78, 5) is 26.3. The molecule has 1 atom stereocenters. The van der Waals surface area contributed by atoms with E-state index in [2.05, 4.69) is 5.32 Å². The molecule has 0 bridgehead atoms. The van der Waals surface area contributed by atoms with E-state index in [0.29, 0.717) is 24.5 Å². The summed E-state index contributed by atoms with van der Waals surface area (Å²) in [5.41, 5.74) is 2.81. The van der Waals surface area contributed by atoms with E-state index in [9.17, 15) is 9.59 Å². The molecule has 0 aromatic heterocycles. The van der Waals surface area contributed by atoms with Gasteiger partial charge in [-0.25, -0.2) is 0 Å². The highest BCUT2D eigenvalue weighted by Crippen LogP contribution is 2.28. The Hall–Kier alpha value is -3.28. The Morgan fingerprint density at radius 1 is 1.11 bits per heavy atom. The maximum absolute atomic E-state index is 12.3. The van der Waals surface area contributed by atoms with Crippen LogP contribution in [0.2, 0.25) is 0 Å². The Morgan fingerprint density at radius 3 is 2.50 bits per heavy atom. The molecule has 1 heterocycles. The Bertz CT molecular complexity index is 890. The first-order valence-corrected chi connectivity index (χ1v) is 9.08. The van der Waals surface area contributed by atoms with Crippen LogP contribution < -0.4 is 19.7 Å². The zero-order valence-electron chi connectivity index (χ0n) is 16.3. The smallest absolute Gasteiger partial charge is 0.244 e. The minimum atomic E-state index is -0.238. The molecule has 6 heteroatoms. The van der Waals surface area contributed by atoms with Gasteiger partial charge < -0.3 is 19.7 Å². The molecule has 2 aromatic carbocycles. The number of aryl methyl sites for hydroxylation is 1. The van der Waals surface area contributed by atoms with E-state index >= 15 is 0 Å². The average Bonchev–Trinajstić information content (AvgIpc) is 3.06. The molecular formula is C22H24N2O4. The lowest BCUT2D eigenvalue weighted by Crippen LogP contribution is -2.36. The SMILES string of the molecule is COc1ccc(/C=C\C(=O)NC2CC(=O)N(c3ccc(C)cc3)C2)cc1OC. The first kappa shape index (κ1) is 19.5. The fourth-order valence-corrected chi connectivity index (χ4v) is 3.16. The predicted molar refractivity (Wildman–Crippen MR) is 109 cm³/mol. The monoisotopic (exact) mass is 380 g/mol. The van der Waals surface area contributed by atoms with Crippen molar-refractivity contribution in [3.8, 4) is 11.5 Å². The van der Waals surface area contributed by atoms with Gasteiger partial charge in [-0.3, -0.25) is 9.59 Å². The quantitative estimate of drug-likeness (QED) is 0.783. The lowest BCUT2D eigenvalue weighted by Gasteiger charge is -2.17. The maximum atomic E-state index is 12.3. The molecule has 28 heavy (non-hydrogen) atoms. The third-order valence-electron chi connectivity index (χ3n) is 4.65. The highest BCUT2D eigenvalue weighted by molar-refractivity contribution is 5.98. The van der Waals surface area contributed by atoms with Crippen molar-refractivity contribution in [3.63, 3.8) is 0 Å². The molecule has 1 fully saturated rings. The molecule has 0 radical (unpaired) electrons. The number of rotatable bonds is 6. The standard InChI is InChI=1S/C22H24N2O4/c1-15-4-8-18(9-5-15)24-14-17(13-22(24)26)23-21(25)11-7-16-6-10-19(27-2)20(12-16)28-3/h4-12,17H,13-14H2,1-3H3,(H,23,25)/b11-7-. The van der Waals surface area contributed by atoms with Crippen molar-refractivity contribution in [2.45, 2.75) is 19.4 Å². The number of carbonyl (C=O) groups excluding carboxylic acids is 2. The molecule has 1 unspecified atom stereocenters. The number of benzene rings is 2. The van der Waals surface area contributed by atoms with Crippen molar-refractivity contribution in [2.75, 3.05) is 25.7 Å². The van der Waals surface area contributed by atoms with Crippen LogP contribution in [0.3, 0.4) is 0 Å². The van der Waals surface area contributed by atoms with E-state index in [-0.39, 0.29) is 17.9 Å². The second kappa shape index (κ2) is 8.61. The number of nitrogens with zero attached hydrogens (tertiary/aromatic N) is 1. The largest absolute Gasteiger partial charge is 0.493 e. The molecule has 0 saturated carbocycles. The van der Waals surface area contributed by atoms with E-state index in [0.717, 1.165) is 16.8 Å². The topological polar surface area (TPSA) is 67.9 Å². The van der Waals surface area contributed by atoms with Crippen LogP contribution in [-0.2, 0) is 9.59 Å². The number of anilines is 1. The summed E-state index contributed by atoms with van der Waals surface area (Å²) in [6.45, 7) is 2.47. The van der Waals surface area contributed by atoms with Crippen molar-refractivity contribution in [1.82, 2.24) is 5.32 Å². The van der Waals surface area contributed by atoms with Gasteiger partial charge in [0.05, 0.1) is 20.3 Å². The van der Waals surface area contributed by atoms with Crippen LogP contribution in [0.15, 0.2) is 48.5 Å². The third kappa shape index (κ3) is 4.52. The van der Waals surface area contributed by atoms with Gasteiger partial charge in [-0.2, -0.15) is 0 Å². The van der Waals surface area contributed by atoms with E-state index in [1.165, 1.54) is 6.08 Å². The summed E-state index contributed by atoms with van der Waals surface area (Å²) in [7, 11) is 3.14. The summed E-state index contributed by atoms with van der Waals surface area (Å²) < 4.78 is 10.5. The summed E-state index contributed by atoms with van der Waals surface area (Å²) >= 11 is 0. The van der Waals surface area contributed by atoms with Crippen LogP contribution in [0.4, 0.5) is 5.69 Å². The highest BCUT2D eigenvalue weighted by atomic mass is 16.5. The molecule has 1 saturated heterocycles. The van der Waals surface area contributed by atoms with Gasteiger partial charge in [-0.05, 0) is 42.8 Å². The molecule has 146 valence electrons. The number of carbonyl (C=O) groups is 2. The maximum Gasteiger partial charge on any atom is 0.244 e. The number of ether oxygens (including phenoxy) is 2.